The highest BCUT2D eigenvalue weighted by Gasteiger charge is 2.18. The van der Waals surface area contributed by atoms with Crippen molar-refractivity contribution in [2.45, 2.75) is 11.8 Å². The van der Waals surface area contributed by atoms with E-state index in [1.807, 2.05) is 6.92 Å². The SMILES string of the molecule is CCOc1ccc(C(=O)Oc2ccc(/C=N\NC(=O)c3ccccc3NS(=O)(=O)c3ccc(Cl)cc3)cc2)cc1. The standard InChI is InChI=1S/C29H24ClN3O6S/c1-2-38-23-15-9-21(10-16-23)29(35)39-24-13-7-20(8-14-24)19-31-32-28(34)26-5-3-4-6-27(26)33-40(36,37)25-17-11-22(30)12-18-25/h3-19,33H,2H2,1H3,(H,32,34)/b31-19-. The fourth-order valence-electron chi connectivity index (χ4n) is 3.46. The van der Waals surface area contributed by atoms with Crippen LogP contribution in [-0.2, 0) is 10.0 Å². The Bertz CT molecular complexity index is 1620. The average molecular weight is 578 g/mol. The van der Waals surface area contributed by atoms with Crippen molar-refractivity contribution in [2.75, 3.05) is 11.3 Å². The van der Waals surface area contributed by atoms with Gasteiger partial charge < -0.3 is 9.47 Å². The van der Waals surface area contributed by atoms with Gasteiger partial charge in [0.1, 0.15) is 11.5 Å². The first kappa shape index (κ1) is 28.3. The third-order valence-corrected chi connectivity index (χ3v) is 7.04. The third-order valence-electron chi connectivity index (χ3n) is 5.41. The first-order valence-corrected chi connectivity index (χ1v) is 13.9. The van der Waals surface area contributed by atoms with E-state index in [-0.39, 0.29) is 16.1 Å². The van der Waals surface area contributed by atoms with Crippen LogP contribution in [0.4, 0.5) is 5.69 Å². The summed E-state index contributed by atoms with van der Waals surface area (Å²) in [5.41, 5.74) is 3.55. The van der Waals surface area contributed by atoms with Crippen LogP contribution in [0.15, 0.2) is 107 Å². The number of carbonyl (C=O) groups is 2. The quantitative estimate of drug-likeness (QED) is 0.111. The summed E-state index contributed by atoms with van der Waals surface area (Å²) in [5.74, 6) is -0.131. The molecule has 0 radical (unpaired) electrons. The molecular weight excluding hydrogens is 554 g/mol. The number of amides is 1. The van der Waals surface area contributed by atoms with Crippen LogP contribution in [-0.4, -0.2) is 33.1 Å². The molecule has 0 atom stereocenters. The van der Waals surface area contributed by atoms with E-state index in [4.69, 9.17) is 21.1 Å². The molecule has 0 unspecified atom stereocenters. The molecule has 40 heavy (non-hydrogen) atoms. The molecule has 4 aromatic rings. The maximum absolute atomic E-state index is 12.7. The van der Waals surface area contributed by atoms with Gasteiger partial charge in [0.2, 0.25) is 0 Å². The average Bonchev–Trinajstić information content (AvgIpc) is 2.95. The normalized spacial score (nSPS) is 11.2. The fraction of sp³-hybridized carbons (Fsp3) is 0.0690. The molecule has 2 N–H and O–H groups in total. The van der Waals surface area contributed by atoms with E-state index >= 15 is 0 Å². The van der Waals surface area contributed by atoms with Crippen molar-refractivity contribution in [3.63, 3.8) is 0 Å². The second-order valence-corrected chi connectivity index (χ2v) is 10.3. The van der Waals surface area contributed by atoms with Crippen LogP contribution in [0.25, 0.3) is 0 Å². The van der Waals surface area contributed by atoms with Crippen LogP contribution in [0.1, 0.15) is 33.2 Å². The van der Waals surface area contributed by atoms with Crippen LogP contribution in [0.5, 0.6) is 11.5 Å². The number of ether oxygens (including phenoxy) is 2. The molecule has 0 aliphatic heterocycles. The van der Waals surface area contributed by atoms with Crippen molar-refractivity contribution in [3.8, 4) is 11.5 Å². The van der Waals surface area contributed by atoms with Gasteiger partial charge in [-0.3, -0.25) is 9.52 Å². The van der Waals surface area contributed by atoms with Gasteiger partial charge in [-0.1, -0.05) is 23.7 Å². The molecule has 0 aliphatic carbocycles. The van der Waals surface area contributed by atoms with Gasteiger partial charge in [0.15, 0.2) is 0 Å². The lowest BCUT2D eigenvalue weighted by Gasteiger charge is -2.11. The van der Waals surface area contributed by atoms with Crippen LogP contribution >= 0.6 is 11.6 Å². The Morgan fingerprint density at radius 3 is 2.20 bits per heavy atom. The number of halogens is 1. The van der Waals surface area contributed by atoms with Gasteiger partial charge >= 0.3 is 5.97 Å². The summed E-state index contributed by atoms with van der Waals surface area (Å²) in [4.78, 5) is 25.1. The summed E-state index contributed by atoms with van der Waals surface area (Å²) in [7, 11) is -3.95. The first-order valence-electron chi connectivity index (χ1n) is 12.0. The molecule has 4 aromatic carbocycles. The number of hydrazone groups is 1. The predicted molar refractivity (Wildman–Crippen MR) is 153 cm³/mol. The van der Waals surface area contributed by atoms with Crippen LogP contribution < -0.4 is 19.6 Å². The Labute approximate surface area is 236 Å². The smallest absolute Gasteiger partial charge is 0.343 e. The van der Waals surface area contributed by atoms with E-state index in [9.17, 15) is 18.0 Å². The lowest BCUT2D eigenvalue weighted by Crippen LogP contribution is -2.21. The lowest BCUT2D eigenvalue weighted by molar-refractivity contribution is 0.0734. The number of anilines is 1. The van der Waals surface area contributed by atoms with E-state index in [1.54, 1.807) is 60.7 Å². The van der Waals surface area contributed by atoms with Crippen molar-refractivity contribution < 1.29 is 27.5 Å². The minimum absolute atomic E-state index is 0.00117. The molecule has 0 spiro atoms. The minimum Gasteiger partial charge on any atom is -0.494 e. The predicted octanol–water partition coefficient (Wildman–Crippen LogP) is 5.52. The second-order valence-electron chi connectivity index (χ2n) is 8.22. The van der Waals surface area contributed by atoms with Crippen LogP contribution in [0.2, 0.25) is 5.02 Å². The van der Waals surface area contributed by atoms with Gasteiger partial charge in [0.25, 0.3) is 15.9 Å². The molecule has 0 saturated heterocycles. The highest BCUT2D eigenvalue weighted by atomic mass is 35.5. The molecule has 9 nitrogen and oxygen atoms in total. The molecule has 0 bridgehead atoms. The van der Waals surface area contributed by atoms with E-state index < -0.39 is 21.9 Å². The Hall–Kier alpha value is -4.67. The minimum atomic E-state index is -3.95. The third kappa shape index (κ3) is 7.46. The summed E-state index contributed by atoms with van der Waals surface area (Å²) in [6, 6.07) is 24.9. The van der Waals surface area contributed by atoms with Crippen LogP contribution in [0, 0.1) is 0 Å². The Balaban J connectivity index is 1.36. The molecule has 0 aliphatic rings. The number of benzene rings is 4. The van der Waals surface area contributed by atoms with Crippen molar-refractivity contribution >= 4 is 45.4 Å². The number of nitrogens with zero attached hydrogens (tertiary/aromatic N) is 1. The van der Waals surface area contributed by atoms with E-state index in [0.29, 0.717) is 34.3 Å². The number of nitrogens with one attached hydrogen (secondary N) is 2. The van der Waals surface area contributed by atoms with Crippen molar-refractivity contribution in [1.29, 1.82) is 0 Å². The van der Waals surface area contributed by atoms with Gasteiger partial charge in [0, 0.05) is 5.02 Å². The molecule has 0 heterocycles. The van der Waals surface area contributed by atoms with Gasteiger partial charge in [-0.05, 0) is 97.4 Å². The number of sulfonamides is 1. The van der Waals surface area contributed by atoms with Gasteiger partial charge in [0.05, 0.1) is 34.5 Å². The molecule has 11 heteroatoms. The highest BCUT2D eigenvalue weighted by molar-refractivity contribution is 7.92. The van der Waals surface area contributed by atoms with Crippen molar-refractivity contribution in [3.05, 3.63) is 119 Å². The molecule has 0 aromatic heterocycles. The largest absolute Gasteiger partial charge is 0.494 e. The first-order chi connectivity index (χ1) is 19.2. The zero-order chi connectivity index (χ0) is 28.5. The van der Waals surface area contributed by atoms with Crippen molar-refractivity contribution in [2.24, 2.45) is 5.10 Å². The summed E-state index contributed by atoms with van der Waals surface area (Å²) in [5, 5.41) is 4.35. The van der Waals surface area contributed by atoms with E-state index in [1.165, 1.54) is 42.6 Å². The molecule has 4 rings (SSSR count). The number of rotatable bonds is 10. The summed E-state index contributed by atoms with van der Waals surface area (Å²) in [6.07, 6.45) is 1.40. The zero-order valence-corrected chi connectivity index (χ0v) is 22.8. The summed E-state index contributed by atoms with van der Waals surface area (Å²) in [6.45, 7) is 2.41. The summed E-state index contributed by atoms with van der Waals surface area (Å²) < 4.78 is 38.7. The molecule has 1 amide bonds. The number of para-hydroxylation sites is 1. The Morgan fingerprint density at radius 2 is 1.52 bits per heavy atom. The molecular formula is C29H24ClN3O6S. The topological polar surface area (TPSA) is 123 Å². The monoisotopic (exact) mass is 577 g/mol. The van der Waals surface area contributed by atoms with Gasteiger partial charge in [-0.25, -0.2) is 18.6 Å². The molecule has 204 valence electrons. The van der Waals surface area contributed by atoms with Crippen molar-refractivity contribution in [1.82, 2.24) is 5.43 Å². The van der Waals surface area contributed by atoms with Gasteiger partial charge in [-0.15, -0.1) is 0 Å². The maximum atomic E-state index is 12.7. The number of hydrogen-bond acceptors (Lipinski definition) is 7. The molecule has 0 fully saturated rings. The zero-order valence-electron chi connectivity index (χ0n) is 21.2. The Morgan fingerprint density at radius 1 is 0.875 bits per heavy atom. The fourth-order valence-corrected chi connectivity index (χ4v) is 4.66. The summed E-state index contributed by atoms with van der Waals surface area (Å²) >= 11 is 5.84. The van der Waals surface area contributed by atoms with E-state index in [0.717, 1.165) is 0 Å². The molecule has 0 saturated carbocycles. The number of esters is 1. The lowest BCUT2D eigenvalue weighted by atomic mass is 10.2. The van der Waals surface area contributed by atoms with Gasteiger partial charge in [-0.2, -0.15) is 5.10 Å². The number of hydrogen-bond donors (Lipinski definition) is 2. The maximum Gasteiger partial charge on any atom is 0.343 e. The second kappa shape index (κ2) is 12.9. The number of carbonyl (C=O) groups excluding carboxylic acids is 2. The Kier molecular flexibility index (Phi) is 9.15. The van der Waals surface area contributed by atoms with E-state index in [2.05, 4.69) is 15.2 Å². The highest BCUT2D eigenvalue weighted by Crippen LogP contribution is 2.22. The van der Waals surface area contributed by atoms with Crippen LogP contribution in [0.3, 0.4) is 0 Å².